The third kappa shape index (κ3) is 2.06. The monoisotopic (exact) mass is 224 g/mol. The summed E-state index contributed by atoms with van der Waals surface area (Å²) in [4.78, 5) is 11.6. The second kappa shape index (κ2) is 4.89. The van der Waals surface area contributed by atoms with Crippen molar-refractivity contribution in [3.63, 3.8) is 0 Å². The number of fused-ring (bicyclic) bond motifs is 2. The molecule has 0 N–H and O–H groups in total. The van der Waals surface area contributed by atoms with Crippen molar-refractivity contribution >= 4 is 5.78 Å². The Bertz CT molecular complexity index is 252. The Kier molecular flexibility index (Phi) is 4.20. The van der Waals surface area contributed by atoms with Crippen LogP contribution in [-0.2, 0) is 4.79 Å². The molecule has 2 fully saturated rings. The molecule has 2 atom stereocenters. The van der Waals surface area contributed by atoms with Gasteiger partial charge in [0.1, 0.15) is 5.78 Å². The molecular formula is C15H28O. The standard InChI is InChI=1S/C10H16O.C5H12/c1-9(2)7-4-5-10(9,3)8(11)6-7;1-3-5-4-2/h7H,4-6H2,1-3H3;3-5H2,1-2H3. The van der Waals surface area contributed by atoms with E-state index in [4.69, 9.17) is 0 Å². The minimum Gasteiger partial charge on any atom is -0.299 e. The molecule has 0 aromatic rings. The Morgan fingerprint density at radius 2 is 1.75 bits per heavy atom. The summed E-state index contributed by atoms with van der Waals surface area (Å²) < 4.78 is 0. The number of hydrogen-bond donors (Lipinski definition) is 0. The lowest BCUT2D eigenvalue weighted by atomic mass is 9.70. The predicted octanol–water partition coefficient (Wildman–Crippen LogP) is 4.60. The molecule has 0 amide bonds. The van der Waals surface area contributed by atoms with Gasteiger partial charge >= 0.3 is 0 Å². The molecule has 16 heavy (non-hydrogen) atoms. The largest absolute Gasteiger partial charge is 0.299 e. The van der Waals surface area contributed by atoms with E-state index in [1.54, 1.807) is 0 Å². The van der Waals surface area contributed by atoms with Crippen LogP contribution in [0.5, 0.6) is 0 Å². The lowest BCUT2D eigenvalue weighted by molar-refractivity contribution is -0.128. The van der Waals surface area contributed by atoms with Crippen molar-refractivity contribution in [3.8, 4) is 0 Å². The molecule has 2 aliphatic carbocycles. The van der Waals surface area contributed by atoms with Gasteiger partial charge in [-0.15, -0.1) is 0 Å². The zero-order valence-electron chi connectivity index (χ0n) is 11.7. The van der Waals surface area contributed by atoms with E-state index in [2.05, 4.69) is 34.6 Å². The summed E-state index contributed by atoms with van der Waals surface area (Å²) in [6.45, 7) is 11.1. The third-order valence-electron chi connectivity index (χ3n) is 5.19. The van der Waals surface area contributed by atoms with Crippen molar-refractivity contribution in [3.05, 3.63) is 0 Å². The second-order valence-corrected chi connectivity index (χ2v) is 6.27. The summed E-state index contributed by atoms with van der Waals surface area (Å²) in [5.41, 5.74) is 0.307. The van der Waals surface area contributed by atoms with Gasteiger partial charge in [-0.2, -0.15) is 0 Å². The minimum atomic E-state index is 0.0255. The average molecular weight is 224 g/mol. The fraction of sp³-hybridized carbons (Fsp3) is 0.933. The van der Waals surface area contributed by atoms with Crippen molar-refractivity contribution in [2.75, 3.05) is 0 Å². The van der Waals surface area contributed by atoms with Crippen molar-refractivity contribution in [2.24, 2.45) is 16.7 Å². The highest BCUT2D eigenvalue weighted by molar-refractivity contribution is 5.89. The number of carbonyl (C=O) groups excluding carboxylic acids is 1. The van der Waals surface area contributed by atoms with Crippen LogP contribution in [0, 0.1) is 16.7 Å². The quantitative estimate of drug-likeness (QED) is 0.670. The van der Waals surface area contributed by atoms with Crippen LogP contribution in [0.25, 0.3) is 0 Å². The van der Waals surface area contributed by atoms with E-state index in [-0.39, 0.29) is 10.8 Å². The maximum Gasteiger partial charge on any atom is 0.139 e. The lowest BCUT2D eigenvalue weighted by Gasteiger charge is -2.32. The average Bonchev–Trinajstić information content (AvgIpc) is 2.53. The van der Waals surface area contributed by atoms with Gasteiger partial charge in [-0.05, 0) is 24.2 Å². The molecule has 0 radical (unpaired) electrons. The summed E-state index contributed by atoms with van der Waals surface area (Å²) >= 11 is 0. The molecule has 2 rings (SSSR count). The van der Waals surface area contributed by atoms with Crippen molar-refractivity contribution in [1.82, 2.24) is 0 Å². The molecule has 0 aromatic carbocycles. The molecule has 2 unspecified atom stereocenters. The minimum absolute atomic E-state index is 0.0255. The number of Topliss-reactive ketones (excluding diaryl/α,β-unsaturated/α-hetero) is 1. The maximum atomic E-state index is 11.6. The van der Waals surface area contributed by atoms with E-state index >= 15 is 0 Å². The Labute approximate surface area is 101 Å². The zero-order chi connectivity index (χ0) is 12.4. The first-order chi connectivity index (χ1) is 7.40. The first-order valence-electron chi connectivity index (χ1n) is 6.93. The molecular weight excluding hydrogens is 196 g/mol. The molecule has 0 saturated heterocycles. The molecule has 0 aliphatic heterocycles. The first-order valence-corrected chi connectivity index (χ1v) is 6.93. The third-order valence-corrected chi connectivity index (χ3v) is 5.19. The van der Waals surface area contributed by atoms with E-state index in [0.29, 0.717) is 11.7 Å². The molecule has 0 aromatic heterocycles. The molecule has 1 nitrogen and oxygen atoms in total. The van der Waals surface area contributed by atoms with Crippen LogP contribution in [-0.4, -0.2) is 5.78 Å². The molecule has 0 heterocycles. The van der Waals surface area contributed by atoms with Gasteiger partial charge in [-0.3, -0.25) is 4.79 Å². The van der Waals surface area contributed by atoms with E-state index in [0.717, 1.165) is 12.8 Å². The Hall–Kier alpha value is -0.330. The van der Waals surface area contributed by atoms with Gasteiger partial charge in [0.15, 0.2) is 0 Å². The number of hydrogen-bond acceptors (Lipinski definition) is 1. The number of unbranched alkanes of at least 4 members (excludes halogenated alkanes) is 2. The number of ketones is 1. The summed E-state index contributed by atoms with van der Waals surface area (Å²) in [6, 6.07) is 0. The maximum absolute atomic E-state index is 11.6. The Morgan fingerprint density at radius 1 is 1.19 bits per heavy atom. The Morgan fingerprint density at radius 3 is 1.88 bits per heavy atom. The van der Waals surface area contributed by atoms with Crippen LogP contribution in [0.15, 0.2) is 0 Å². The molecule has 1 heteroatoms. The van der Waals surface area contributed by atoms with Gasteiger partial charge in [0, 0.05) is 11.8 Å². The van der Waals surface area contributed by atoms with E-state index < -0.39 is 0 Å². The summed E-state index contributed by atoms with van der Waals surface area (Å²) in [5.74, 6) is 1.19. The summed E-state index contributed by atoms with van der Waals surface area (Å²) in [5, 5.41) is 0. The highest BCUT2D eigenvalue weighted by Gasteiger charge is 2.61. The van der Waals surface area contributed by atoms with Crippen molar-refractivity contribution < 1.29 is 4.79 Å². The van der Waals surface area contributed by atoms with Gasteiger partial charge in [-0.25, -0.2) is 0 Å². The van der Waals surface area contributed by atoms with Gasteiger partial charge in [0.05, 0.1) is 0 Å². The van der Waals surface area contributed by atoms with Crippen molar-refractivity contribution in [2.45, 2.75) is 73.1 Å². The van der Waals surface area contributed by atoms with Gasteiger partial charge < -0.3 is 0 Å². The lowest BCUT2D eigenvalue weighted by Crippen LogP contribution is -2.32. The fourth-order valence-electron chi connectivity index (χ4n) is 3.26. The molecule has 2 aliphatic rings. The van der Waals surface area contributed by atoms with Gasteiger partial charge in [-0.1, -0.05) is 53.9 Å². The van der Waals surface area contributed by atoms with Crippen molar-refractivity contribution in [1.29, 1.82) is 0 Å². The summed E-state index contributed by atoms with van der Waals surface area (Å²) in [6.07, 6.45) is 7.33. The molecule has 2 saturated carbocycles. The van der Waals surface area contributed by atoms with Crippen LogP contribution in [0.2, 0.25) is 0 Å². The highest BCUT2D eigenvalue weighted by Crippen LogP contribution is 2.63. The van der Waals surface area contributed by atoms with Crippen LogP contribution in [0.3, 0.4) is 0 Å². The van der Waals surface area contributed by atoms with Crippen LogP contribution in [0.1, 0.15) is 73.1 Å². The smallest absolute Gasteiger partial charge is 0.139 e. The molecule has 2 bridgehead atoms. The van der Waals surface area contributed by atoms with E-state index in [1.165, 1.54) is 25.7 Å². The van der Waals surface area contributed by atoms with Gasteiger partial charge in [0.25, 0.3) is 0 Å². The van der Waals surface area contributed by atoms with E-state index in [1.807, 2.05) is 0 Å². The predicted molar refractivity (Wildman–Crippen MR) is 69.4 cm³/mol. The van der Waals surface area contributed by atoms with Crippen LogP contribution < -0.4 is 0 Å². The topological polar surface area (TPSA) is 17.1 Å². The van der Waals surface area contributed by atoms with Crippen LogP contribution >= 0.6 is 0 Å². The zero-order valence-corrected chi connectivity index (χ0v) is 11.7. The Balaban J connectivity index is 0.000000221. The van der Waals surface area contributed by atoms with Crippen LogP contribution in [0.4, 0.5) is 0 Å². The molecule has 94 valence electrons. The second-order valence-electron chi connectivity index (χ2n) is 6.27. The number of carbonyl (C=O) groups is 1. The molecule has 0 spiro atoms. The summed E-state index contributed by atoms with van der Waals surface area (Å²) in [7, 11) is 0. The first kappa shape index (κ1) is 13.7. The van der Waals surface area contributed by atoms with E-state index in [9.17, 15) is 4.79 Å². The highest BCUT2D eigenvalue weighted by atomic mass is 16.1. The SMILES string of the molecule is CC12CCC(CC1=O)C2(C)C.CCCCC. The normalized spacial score (nSPS) is 34.8. The van der Waals surface area contributed by atoms with Gasteiger partial charge in [0.2, 0.25) is 0 Å². The number of rotatable bonds is 2. The fourth-order valence-corrected chi connectivity index (χ4v) is 3.26.